The Balaban J connectivity index is 1.18. The van der Waals surface area contributed by atoms with E-state index in [2.05, 4.69) is 15.4 Å². The van der Waals surface area contributed by atoms with E-state index in [1.54, 1.807) is 40.0 Å². The predicted molar refractivity (Wildman–Crippen MR) is 189 cm³/mol. The van der Waals surface area contributed by atoms with Crippen LogP contribution in [0.2, 0.25) is 0 Å². The second-order valence-corrected chi connectivity index (χ2v) is 16.8. The number of nitrogens with zero attached hydrogens (tertiary/aromatic N) is 2. The number of hydrogen-bond donors (Lipinski definition) is 3. The van der Waals surface area contributed by atoms with Crippen LogP contribution in [-0.2, 0) is 61.2 Å². The van der Waals surface area contributed by atoms with Crippen molar-refractivity contribution < 1.29 is 56.1 Å². The van der Waals surface area contributed by atoms with Gasteiger partial charge in [-0.1, -0.05) is 19.4 Å². The molecule has 18 heteroatoms. The summed E-state index contributed by atoms with van der Waals surface area (Å²) in [5.41, 5.74) is -0.104. The van der Waals surface area contributed by atoms with Crippen LogP contribution in [-0.4, -0.2) is 123 Å². The number of anilines is 1. The standard InChI is InChI=1S/C35H51N5O12S/c1-6-24-17-35(24,31(43)38-53(46,47)27-9-10-27)37-30(42)28-16-26(20-40(28)33(45)52-34(2,3)4)51-32(44)39-18-22-7-8-25(15-23(22)19-39)36-29(41)21-50-14-13-49-12-11-48-5/h7-8,15,24,26-28H,6,9-14,16-21H2,1-5H3,(H,36,41)(H,37,42)(H,38,43)/t24-,26-,28+,35-/m1/s1. The molecule has 0 aromatic heterocycles. The van der Waals surface area contributed by atoms with Crippen LogP contribution < -0.4 is 15.4 Å². The number of carbonyl (C=O) groups excluding carboxylic acids is 5. The van der Waals surface area contributed by atoms with E-state index in [9.17, 15) is 32.4 Å². The zero-order valence-electron chi connectivity index (χ0n) is 30.9. The lowest BCUT2D eigenvalue weighted by Crippen LogP contribution is -2.57. The molecule has 53 heavy (non-hydrogen) atoms. The minimum absolute atomic E-state index is 0.0655. The van der Waals surface area contributed by atoms with Crippen molar-refractivity contribution in [3.63, 3.8) is 0 Å². The Morgan fingerprint density at radius 2 is 1.66 bits per heavy atom. The summed E-state index contributed by atoms with van der Waals surface area (Å²) in [6, 6.07) is 4.17. The lowest BCUT2D eigenvalue weighted by atomic mass is 10.1. The van der Waals surface area contributed by atoms with Crippen LogP contribution >= 0.6 is 0 Å². The lowest BCUT2D eigenvalue weighted by molar-refractivity contribution is -0.132. The van der Waals surface area contributed by atoms with E-state index in [0.717, 1.165) is 11.1 Å². The van der Waals surface area contributed by atoms with Gasteiger partial charge in [-0.25, -0.2) is 18.0 Å². The Morgan fingerprint density at radius 1 is 0.962 bits per heavy atom. The van der Waals surface area contributed by atoms with E-state index in [1.165, 1.54) is 9.80 Å². The first-order chi connectivity index (χ1) is 25.0. The lowest BCUT2D eigenvalue weighted by Gasteiger charge is -2.29. The maximum Gasteiger partial charge on any atom is 0.411 e. The molecule has 1 aromatic rings. The molecule has 2 aliphatic carbocycles. The van der Waals surface area contributed by atoms with E-state index < -0.39 is 62.6 Å². The first-order valence-corrected chi connectivity index (χ1v) is 19.5. The first-order valence-electron chi connectivity index (χ1n) is 17.9. The van der Waals surface area contributed by atoms with Crippen molar-refractivity contribution in [3.8, 4) is 0 Å². The summed E-state index contributed by atoms with van der Waals surface area (Å²) in [4.78, 5) is 68.9. The van der Waals surface area contributed by atoms with Gasteiger partial charge in [0.1, 0.15) is 29.9 Å². The predicted octanol–water partition coefficient (Wildman–Crippen LogP) is 2.03. The maximum absolute atomic E-state index is 13.8. The number of nitrogens with one attached hydrogen (secondary N) is 3. The second-order valence-electron chi connectivity index (χ2n) is 14.9. The Labute approximate surface area is 309 Å². The third-order valence-electron chi connectivity index (χ3n) is 9.52. The topological polar surface area (TPSA) is 208 Å². The number of hydrogen-bond acceptors (Lipinski definition) is 12. The molecule has 4 atom stereocenters. The Morgan fingerprint density at radius 3 is 2.32 bits per heavy atom. The van der Waals surface area contributed by atoms with E-state index in [4.69, 9.17) is 23.7 Å². The highest BCUT2D eigenvalue weighted by atomic mass is 32.2. The van der Waals surface area contributed by atoms with Gasteiger partial charge in [-0.15, -0.1) is 0 Å². The molecule has 2 aliphatic heterocycles. The van der Waals surface area contributed by atoms with E-state index in [0.29, 0.717) is 44.8 Å². The van der Waals surface area contributed by atoms with E-state index in [-0.39, 0.29) is 57.5 Å². The number of sulfonamides is 1. The molecule has 0 bridgehead atoms. The van der Waals surface area contributed by atoms with Crippen molar-refractivity contribution in [3.05, 3.63) is 29.3 Å². The number of ether oxygens (including phenoxy) is 5. The van der Waals surface area contributed by atoms with Crippen LogP contribution in [0.1, 0.15) is 70.9 Å². The van der Waals surface area contributed by atoms with Gasteiger partial charge in [0.25, 0.3) is 5.91 Å². The van der Waals surface area contributed by atoms with Crippen molar-refractivity contribution in [2.75, 3.05) is 52.0 Å². The molecule has 5 amide bonds. The number of likely N-dealkylation sites (tertiary alicyclic amines) is 1. The summed E-state index contributed by atoms with van der Waals surface area (Å²) in [7, 11) is -2.27. The molecule has 2 heterocycles. The summed E-state index contributed by atoms with van der Waals surface area (Å²) in [5, 5.41) is 4.92. The van der Waals surface area contributed by atoms with Crippen LogP contribution in [0.3, 0.4) is 0 Å². The minimum atomic E-state index is -3.85. The maximum atomic E-state index is 13.8. The summed E-state index contributed by atoms with van der Waals surface area (Å²) in [6.45, 7) is 8.56. The SMILES string of the molecule is CC[C@@H]1C[C@]1(NC(=O)[C@@H]1C[C@@H](OC(=O)N2Cc3ccc(NC(=O)COCCOCCOC)cc3C2)CN1C(=O)OC(C)(C)C)C(=O)NS(=O)(=O)C1CC1. The molecule has 0 spiro atoms. The highest BCUT2D eigenvalue weighted by Gasteiger charge is 2.62. The Bertz CT molecular complexity index is 1660. The molecular formula is C35H51N5O12S. The van der Waals surface area contributed by atoms with E-state index >= 15 is 0 Å². The zero-order valence-corrected chi connectivity index (χ0v) is 31.8. The fourth-order valence-corrected chi connectivity index (χ4v) is 7.86. The highest BCUT2D eigenvalue weighted by Crippen LogP contribution is 2.47. The number of benzene rings is 1. The zero-order chi connectivity index (χ0) is 38.6. The smallest absolute Gasteiger partial charge is 0.411 e. The summed E-state index contributed by atoms with van der Waals surface area (Å²) in [6.07, 6.45) is -0.685. The molecule has 3 fully saturated rings. The van der Waals surface area contributed by atoms with Crippen molar-refractivity contribution >= 4 is 45.6 Å². The van der Waals surface area contributed by atoms with Gasteiger partial charge in [-0.3, -0.25) is 28.9 Å². The van der Waals surface area contributed by atoms with Gasteiger partial charge in [-0.05, 0) is 69.2 Å². The molecule has 0 unspecified atom stereocenters. The van der Waals surface area contributed by atoms with Crippen molar-refractivity contribution in [2.45, 2.75) is 101 Å². The molecule has 294 valence electrons. The number of methoxy groups -OCH3 is 1. The molecule has 1 aromatic carbocycles. The van der Waals surface area contributed by atoms with Gasteiger partial charge in [0.2, 0.25) is 21.8 Å². The quantitative estimate of drug-likeness (QED) is 0.207. The van der Waals surface area contributed by atoms with Crippen LogP contribution in [0, 0.1) is 5.92 Å². The largest absolute Gasteiger partial charge is 0.444 e. The first kappa shape index (κ1) is 40.2. The van der Waals surface area contributed by atoms with Crippen LogP contribution in [0.4, 0.5) is 15.3 Å². The normalized spacial score (nSPS) is 23.6. The van der Waals surface area contributed by atoms with Gasteiger partial charge < -0.3 is 34.3 Å². The van der Waals surface area contributed by atoms with Crippen LogP contribution in [0.15, 0.2) is 18.2 Å². The van der Waals surface area contributed by atoms with E-state index in [1.807, 2.05) is 13.0 Å². The number of amides is 5. The van der Waals surface area contributed by atoms with Gasteiger partial charge >= 0.3 is 12.2 Å². The fraction of sp³-hybridized carbons (Fsp3) is 0.686. The number of fused-ring (bicyclic) bond motifs is 1. The molecule has 4 aliphatic rings. The molecule has 2 saturated carbocycles. The van der Waals surface area contributed by atoms with Gasteiger partial charge in [0.15, 0.2) is 0 Å². The molecule has 1 saturated heterocycles. The third kappa shape index (κ3) is 10.4. The summed E-state index contributed by atoms with van der Waals surface area (Å²) in [5.74, 6) is -2.10. The van der Waals surface area contributed by atoms with Crippen LogP contribution in [0.25, 0.3) is 0 Å². The molecular weight excluding hydrogens is 714 g/mol. The number of rotatable bonds is 16. The molecule has 3 N–H and O–H groups in total. The highest BCUT2D eigenvalue weighted by molar-refractivity contribution is 7.91. The Hall–Kier alpha value is -4.00. The van der Waals surface area contributed by atoms with Gasteiger partial charge in [0, 0.05) is 32.3 Å². The average molecular weight is 766 g/mol. The van der Waals surface area contributed by atoms with Crippen molar-refractivity contribution in [2.24, 2.45) is 5.92 Å². The molecule has 5 rings (SSSR count). The van der Waals surface area contributed by atoms with Gasteiger partial charge in [-0.2, -0.15) is 0 Å². The summed E-state index contributed by atoms with van der Waals surface area (Å²) >= 11 is 0. The molecule has 0 radical (unpaired) electrons. The van der Waals surface area contributed by atoms with Gasteiger partial charge in [0.05, 0.1) is 38.2 Å². The molecule has 17 nitrogen and oxygen atoms in total. The summed E-state index contributed by atoms with van der Waals surface area (Å²) < 4.78 is 54.2. The van der Waals surface area contributed by atoms with Crippen LogP contribution in [0.5, 0.6) is 0 Å². The van der Waals surface area contributed by atoms with Crippen molar-refractivity contribution in [1.29, 1.82) is 0 Å². The third-order valence-corrected chi connectivity index (χ3v) is 11.3. The number of carbonyl (C=O) groups is 5. The average Bonchev–Trinajstić information content (AvgIpc) is 3.98. The minimum Gasteiger partial charge on any atom is -0.444 e. The second kappa shape index (κ2) is 16.6. The fourth-order valence-electron chi connectivity index (χ4n) is 6.49. The Kier molecular flexibility index (Phi) is 12.6. The van der Waals surface area contributed by atoms with Crippen molar-refractivity contribution in [1.82, 2.24) is 19.8 Å². The monoisotopic (exact) mass is 765 g/mol.